The number of sulfonamides is 1. The number of carbonyl (C=O) groups excluding carboxylic acids is 1. The summed E-state index contributed by atoms with van der Waals surface area (Å²) >= 11 is 0. The van der Waals surface area contributed by atoms with Crippen LogP contribution in [0.5, 0.6) is 0 Å². The van der Waals surface area contributed by atoms with Crippen LogP contribution in [0.15, 0.2) is 29.2 Å². The summed E-state index contributed by atoms with van der Waals surface area (Å²) < 4.78 is 30.1. The molecule has 1 aromatic rings. The van der Waals surface area contributed by atoms with E-state index in [1.165, 1.54) is 38.4 Å². The number of nitrogens with one attached hydrogen (secondary N) is 2. The van der Waals surface area contributed by atoms with Crippen LogP contribution in [0.4, 0.5) is 5.69 Å². The highest BCUT2D eigenvalue weighted by molar-refractivity contribution is 7.89. The van der Waals surface area contributed by atoms with Gasteiger partial charge in [0.25, 0.3) is 0 Å². The highest BCUT2D eigenvalue weighted by Crippen LogP contribution is 2.13. The van der Waals surface area contributed by atoms with Crippen LogP contribution in [0.1, 0.15) is 6.42 Å². The average molecular weight is 301 g/mol. The zero-order valence-corrected chi connectivity index (χ0v) is 12.2. The third-order valence-electron chi connectivity index (χ3n) is 2.67. The predicted octanol–water partition coefficient (Wildman–Crippen LogP) is -0.103. The second-order valence-corrected chi connectivity index (χ2v) is 6.00. The Hall–Kier alpha value is -1.48. The van der Waals surface area contributed by atoms with Crippen molar-refractivity contribution in [1.29, 1.82) is 0 Å². The number of amides is 1. The second-order valence-electron chi connectivity index (χ2n) is 4.11. The van der Waals surface area contributed by atoms with Gasteiger partial charge in [0.1, 0.15) is 0 Å². The average Bonchev–Trinajstić information content (AvgIpc) is 2.45. The number of nitrogens with two attached hydrogens (primary N) is 1. The SMILES string of the molecule is CNS(=O)(=O)c1ccc(NC(=O)C(N)CCOC)cc1. The molecule has 8 heteroatoms. The van der Waals surface area contributed by atoms with Gasteiger partial charge in [-0.3, -0.25) is 4.79 Å². The van der Waals surface area contributed by atoms with Crippen molar-refractivity contribution < 1.29 is 17.9 Å². The Kier molecular flexibility index (Phi) is 6.08. The Balaban J connectivity index is 2.68. The number of ether oxygens (including phenoxy) is 1. The van der Waals surface area contributed by atoms with Crippen LogP contribution >= 0.6 is 0 Å². The highest BCUT2D eigenvalue weighted by atomic mass is 32.2. The molecule has 1 rings (SSSR count). The van der Waals surface area contributed by atoms with Gasteiger partial charge in [0.05, 0.1) is 10.9 Å². The molecule has 0 fully saturated rings. The van der Waals surface area contributed by atoms with Gasteiger partial charge in [-0.25, -0.2) is 13.1 Å². The molecule has 0 aliphatic rings. The molecule has 0 spiro atoms. The topological polar surface area (TPSA) is 111 Å². The smallest absolute Gasteiger partial charge is 0.241 e. The summed E-state index contributed by atoms with van der Waals surface area (Å²) in [4.78, 5) is 11.9. The van der Waals surface area contributed by atoms with Gasteiger partial charge < -0.3 is 15.8 Å². The molecule has 1 aromatic carbocycles. The minimum absolute atomic E-state index is 0.127. The molecular formula is C12H19N3O4S. The Morgan fingerprint density at radius 3 is 2.45 bits per heavy atom. The van der Waals surface area contributed by atoms with Crippen molar-refractivity contribution >= 4 is 21.6 Å². The van der Waals surface area contributed by atoms with E-state index in [0.717, 1.165) is 0 Å². The number of hydrogen-bond acceptors (Lipinski definition) is 5. The first kappa shape index (κ1) is 16.6. The summed E-state index contributed by atoms with van der Waals surface area (Å²) in [5, 5.41) is 2.61. The van der Waals surface area contributed by atoms with Crippen molar-refractivity contribution in [2.75, 3.05) is 26.1 Å². The van der Waals surface area contributed by atoms with Gasteiger partial charge in [0.15, 0.2) is 0 Å². The van der Waals surface area contributed by atoms with Gasteiger partial charge in [-0.15, -0.1) is 0 Å². The zero-order chi connectivity index (χ0) is 15.2. The lowest BCUT2D eigenvalue weighted by molar-refractivity contribution is -0.117. The molecule has 7 nitrogen and oxygen atoms in total. The normalized spacial score (nSPS) is 12.9. The summed E-state index contributed by atoms with van der Waals surface area (Å²) in [6.07, 6.45) is 0.411. The van der Waals surface area contributed by atoms with Crippen molar-refractivity contribution in [3.05, 3.63) is 24.3 Å². The molecule has 0 aromatic heterocycles. The Bertz CT molecular complexity index is 542. The van der Waals surface area contributed by atoms with Crippen LogP contribution in [0.25, 0.3) is 0 Å². The van der Waals surface area contributed by atoms with Crippen molar-refractivity contribution in [1.82, 2.24) is 4.72 Å². The van der Waals surface area contributed by atoms with E-state index in [9.17, 15) is 13.2 Å². The predicted molar refractivity (Wildman–Crippen MR) is 75.8 cm³/mol. The summed E-state index contributed by atoms with van der Waals surface area (Å²) in [5.41, 5.74) is 6.16. The monoisotopic (exact) mass is 301 g/mol. The van der Waals surface area contributed by atoms with Crippen LogP contribution in [-0.4, -0.2) is 41.1 Å². The van der Waals surface area contributed by atoms with Crippen molar-refractivity contribution in [2.45, 2.75) is 17.4 Å². The van der Waals surface area contributed by atoms with Gasteiger partial charge in [0.2, 0.25) is 15.9 Å². The molecule has 0 heterocycles. The maximum atomic E-state index is 11.7. The molecular weight excluding hydrogens is 282 g/mol. The molecule has 20 heavy (non-hydrogen) atoms. The van der Waals surface area contributed by atoms with E-state index in [2.05, 4.69) is 10.0 Å². The van der Waals surface area contributed by atoms with E-state index in [4.69, 9.17) is 10.5 Å². The lowest BCUT2D eigenvalue weighted by atomic mass is 10.2. The van der Waals surface area contributed by atoms with Crippen molar-refractivity contribution in [3.8, 4) is 0 Å². The fourth-order valence-electron chi connectivity index (χ4n) is 1.45. The van der Waals surface area contributed by atoms with E-state index in [1.54, 1.807) is 0 Å². The van der Waals surface area contributed by atoms with Gasteiger partial charge in [0, 0.05) is 19.4 Å². The first-order valence-electron chi connectivity index (χ1n) is 5.99. The molecule has 112 valence electrons. The van der Waals surface area contributed by atoms with E-state index in [-0.39, 0.29) is 10.8 Å². The molecule has 1 atom stereocenters. The molecule has 0 radical (unpaired) electrons. The standard InChI is InChI=1S/C12H19N3O4S/c1-14-20(17,18)10-5-3-9(4-6-10)15-12(16)11(13)7-8-19-2/h3-6,11,14H,7-8,13H2,1-2H3,(H,15,16). The second kappa shape index (κ2) is 7.34. The van der Waals surface area contributed by atoms with E-state index in [1.807, 2.05) is 0 Å². The molecule has 0 saturated carbocycles. The van der Waals surface area contributed by atoms with Crippen molar-refractivity contribution in [3.63, 3.8) is 0 Å². The lowest BCUT2D eigenvalue weighted by Crippen LogP contribution is -2.36. The summed E-state index contributed by atoms with van der Waals surface area (Å²) in [7, 11) is -0.609. The summed E-state index contributed by atoms with van der Waals surface area (Å²) in [6, 6.07) is 5.15. The van der Waals surface area contributed by atoms with Crippen LogP contribution in [0.2, 0.25) is 0 Å². The first-order valence-corrected chi connectivity index (χ1v) is 7.48. The van der Waals surface area contributed by atoms with Crippen LogP contribution in [0.3, 0.4) is 0 Å². The zero-order valence-electron chi connectivity index (χ0n) is 11.4. The number of anilines is 1. The maximum Gasteiger partial charge on any atom is 0.241 e. The molecule has 1 amide bonds. The fraction of sp³-hybridized carbons (Fsp3) is 0.417. The molecule has 1 unspecified atom stereocenters. The maximum absolute atomic E-state index is 11.7. The first-order chi connectivity index (χ1) is 9.40. The third kappa shape index (κ3) is 4.57. The van der Waals surface area contributed by atoms with Crippen molar-refractivity contribution in [2.24, 2.45) is 5.73 Å². The van der Waals surface area contributed by atoms with E-state index in [0.29, 0.717) is 18.7 Å². The quantitative estimate of drug-likeness (QED) is 0.651. The summed E-state index contributed by atoms with van der Waals surface area (Å²) in [5.74, 6) is -0.341. The van der Waals surface area contributed by atoms with Gasteiger partial charge in [-0.1, -0.05) is 0 Å². The molecule has 0 saturated heterocycles. The number of benzene rings is 1. The van der Waals surface area contributed by atoms with Gasteiger partial charge in [-0.05, 0) is 37.7 Å². The molecule has 0 bridgehead atoms. The summed E-state index contributed by atoms with van der Waals surface area (Å²) in [6.45, 7) is 0.397. The van der Waals surface area contributed by atoms with E-state index < -0.39 is 16.1 Å². The molecule has 4 N–H and O–H groups in total. The van der Waals surface area contributed by atoms with Gasteiger partial charge >= 0.3 is 0 Å². The molecule has 0 aliphatic heterocycles. The third-order valence-corrected chi connectivity index (χ3v) is 4.10. The Labute approximate surface area is 118 Å². The van der Waals surface area contributed by atoms with Crippen LogP contribution in [-0.2, 0) is 19.6 Å². The number of hydrogen-bond donors (Lipinski definition) is 3. The Morgan fingerprint density at radius 2 is 1.95 bits per heavy atom. The fourth-order valence-corrected chi connectivity index (χ4v) is 2.18. The highest BCUT2D eigenvalue weighted by Gasteiger charge is 2.14. The molecule has 0 aliphatic carbocycles. The minimum Gasteiger partial charge on any atom is -0.385 e. The number of methoxy groups -OCH3 is 1. The van der Waals surface area contributed by atoms with Crippen LogP contribution < -0.4 is 15.8 Å². The minimum atomic E-state index is -3.48. The number of carbonyl (C=O) groups is 1. The van der Waals surface area contributed by atoms with E-state index >= 15 is 0 Å². The lowest BCUT2D eigenvalue weighted by Gasteiger charge is -2.12. The largest absolute Gasteiger partial charge is 0.385 e. The Morgan fingerprint density at radius 1 is 1.35 bits per heavy atom. The van der Waals surface area contributed by atoms with Gasteiger partial charge in [-0.2, -0.15) is 0 Å². The van der Waals surface area contributed by atoms with Crippen LogP contribution in [0, 0.1) is 0 Å². The number of rotatable bonds is 7.